The van der Waals surface area contributed by atoms with Crippen molar-refractivity contribution in [1.29, 1.82) is 0 Å². The molecule has 1 N–H and O–H groups in total. The Morgan fingerprint density at radius 1 is 1.00 bits per heavy atom. The van der Waals surface area contributed by atoms with E-state index in [4.69, 9.17) is 9.84 Å². The van der Waals surface area contributed by atoms with Gasteiger partial charge in [-0.25, -0.2) is 4.79 Å². The number of thiophene rings is 1. The van der Waals surface area contributed by atoms with Crippen LogP contribution >= 0.6 is 56.9 Å². The van der Waals surface area contributed by atoms with Gasteiger partial charge in [-0.1, -0.05) is 24.8 Å². The minimum atomic E-state index is -1.23. The third kappa shape index (κ3) is 10.3. The van der Waals surface area contributed by atoms with Gasteiger partial charge in [0.2, 0.25) is 5.78 Å². The molecule has 34 heavy (non-hydrogen) atoms. The number of ether oxygens (including phenoxy) is 1. The Hall–Kier alpha value is -3.73. The second kappa shape index (κ2) is 16.0. The Labute approximate surface area is 225 Å². The van der Waals surface area contributed by atoms with Crippen molar-refractivity contribution in [3.8, 4) is 76.1 Å². The first kappa shape index (κ1) is 28.3. The lowest BCUT2D eigenvalue weighted by Crippen LogP contribution is -1.97. The number of rotatable bonds is 1. The molecule has 0 radical (unpaired) electrons. The van der Waals surface area contributed by atoms with Crippen LogP contribution in [-0.4, -0.2) is 16.9 Å². The lowest BCUT2D eigenvalue weighted by Gasteiger charge is -1.95. The van der Waals surface area contributed by atoms with Crippen molar-refractivity contribution in [1.82, 2.24) is 0 Å². The molecule has 0 fully saturated rings. The van der Waals surface area contributed by atoms with Crippen LogP contribution in [-0.2, 0) is 4.79 Å². The zero-order valence-corrected chi connectivity index (χ0v) is 21.9. The molecule has 164 valence electrons. The number of carbonyl (C=O) groups is 2. The van der Waals surface area contributed by atoms with E-state index in [1.54, 1.807) is 29.5 Å². The quantitative estimate of drug-likeness (QED) is 0.280. The van der Waals surface area contributed by atoms with Gasteiger partial charge in [0, 0.05) is 26.7 Å². The number of carboxylic acid groups (broad SMARTS) is 1. The van der Waals surface area contributed by atoms with E-state index in [9.17, 15) is 9.59 Å². The second-order valence-electron chi connectivity index (χ2n) is 5.40. The molecule has 0 saturated heterocycles. The highest BCUT2D eigenvalue weighted by Gasteiger charge is 2.26. The lowest BCUT2D eigenvalue weighted by molar-refractivity contribution is -0.130. The van der Waals surface area contributed by atoms with Crippen LogP contribution in [0.15, 0.2) is 45.9 Å². The van der Waals surface area contributed by atoms with Crippen molar-refractivity contribution in [2.75, 3.05) is 0 Å². The van der Waals surface area contributed by atoms with Crippen LogP contribution in [0.25, 0.3) is 6.08 Å². The van der Waals surface area contributed by atoms with E-state index in [1.807, 2.05) is 29.5 Å². The Morgan fingerprint density at radius 3 is 2.12 bits per heavy atom. The maximum Gasteiger partial charge on any atom is 0.382 e. The molecule has 1 aromatic heterocycles. The highest BCUT2D eigenvalue weighted by molar-refractivity contribution is 9.10. The van der Waals surface area contributed by atoms with Crippen molar-refractivity contribution >= 4 is 74.7 Å². The molecule has 3 rings (SSSR count). The summed E-state index contributed by atoms with van der Waals surface area (Å²) in [6.45, 7) is 0. The number of para-hydroxylation sites is 1. The fourth-order valence-electron chi connectivity index (χ4n) is 2.03. The van der Waals surface area contributed by atoms with Crippen LogP contribution in [0.4, 0.5) is 0 Å². The molecule has 1 aromatic carbocycles. The summed E-state index contributed by atoms with van der Waals surface area (Å²) in [7, 11) is 0. The minimum Gasteiger partial charge on any atom is -0.472 e. The van der Waals surface area contributed by atoms with Gasteiger partial charge in [-0.3, -0.25) is 4.79 Å². The van der Waals surface area contributed by atoms with Crippen molar-refractivity contribution < 1.29 is 19.4 Å². The number of carboxylic acids is 1. The van der Waals surface area contributed by atoms with Gasteiger partial charge in [-0.05, 0) is 98.6 Å². The van der Waals surface area contributed by atoms with Crippen molar-refractivity contribution in [2.24, 2.45) is 0 Å². The van der Waals surface area contributed by atoms with Crippen molar-refractivity contribution in [2.45, 2.75) is 0 Å². The largest absolute Gasteiger partial charge is 0.472 e. The smallest absolute Gasteiger partial charge is 0.382 e. The standard InChI is InChI=1S/C13H7BrO2S.C13H2O2S.BrH/c14-8-5-9(17-7-8)6-12-13(15)10-3-1-2-4-11(10)16-12;14-13(15)11-9-7-5-3-1-2-4-6-8-10-12-16;/h1-7H;16H,(H,14,15);1H/b12-6-;;. The van der Waals surface area contributed by atoms with Crippen LogP contribution in [0.1, 0.15) is 15.2 Å². The van der Waals surface area contributed by atoms with Crippen LogP contribution in [0.5, 0.6) is 5.75 Å². The summed E-state index contributed by atoms with van der Waals surface area (Å²) in [5, 5.41) is 12.4. The monoisotopic (exact) mass is 608 g/mol. The Kier molecular flexibility index (Phi) is 13.3. The first-order valence-corrected chi connectivity index (χ1v) is 10.8. The Balaban J connectivity index is 0.000000332. The van der Waals surface area contributed by atoms with E-state index in [1.165, 1.54) is 0 Å². The van der Waals surface area contributed by atoms with Gasteiger partial charge < -0.3 is 9.84 Å². The number of thiol groups is 1. The van der Waals surface area contributed by atoms with Gasteiger partial charge in [0.15, 0.2) is 5.76 Å². The molecule has 0 unspecified atom stereocenters. The fourth-order valence-corrected chi connectivity index (χ4v) is 3.45. The molecule has 0 bridgehead atoms. The number of aliphatic carboxylic acids is 1. The van der Waals surface area contributed by atoms with E-state index in [0.717, 1.165) is 9.35 Å². The van der Waals surface area contributed by atoms with Crippen LogP contribution in [0, 0.1) is 70.4 Å². The molecule has 0 saturated carbocycles. The Morgan fingerprint density at radius 2 is 1.59 bits per heavy atom. The molecule has 0 spiro atoms. The Bertz CT molecular complexity index is 1500. The molecular weight excluding hydrogens is 600 g/mol. The van der Waals surface area contributed by atoms with E-state index < -0.39 is 5.97 Å². The summed E-state index contributed by atoms with van der Waals surface area (Å²) in [6.07, 6.45) is 1.78. The summed E-state index contributed by atoms with van der Waals surface area (Å²) in [5.41, 5.74) is 0.634. The highest BCUT2D eigenvalue weighted by Crippen LogP contribution is 2.32. The van der Waals surface area contributed by atoms with E-state index >= 15 is 0 Å². The molecule has 2 aromatic rings. The van der Waals surface area contributed by atoms with Crippen LogP contribution in [0.2, 0.25) is 0 Å². The van der Waals surface area contributed by atoms with Crippen molar-refractivity contribution in [3.63, 3.8) is 0 Å². The average Bonchev–Trinajstić information content (AvgIpc) is 3.35. The third-order valence-electron chi connectivity index (χ3n) is 3.22. The first-order valence-electron chi connectivity index (χ1n) is 8.66. The van der Waals surface area contributed by atoms with E-state index in [0.29, 0.717) is 17.1 Å². The summed E-state index contributed by atoms with van der Waals surface area (Å²) in [6, 6.07) is 9.24. The van der Waals surface area contributed by atoms with Gasteiger partial charge in [0.1, 0.15) is 5.75 Å². The maximum atomic E-state index is 12.0. The molecule has 8 heteroatoms. The molecule has 1 aliphatic rings. The lowest BCUT2D eigenvalue weighted by atomic mass is 10.1. The normalized spacial score (nSPS) is 10.2. The number of Topliss-reactive ketones (excluding diaryl/α,β-unsaturated/α-hetero) is 1. The minimum absolute atomic E-state index is 0. The molecule has 0 amide bonds. The zero-order valence-electron chi connectivity index (χ0n) is 16.9. The number of halogens is 2. The predicted octanol–water partition coefficient (Wildman–Crippen LogP) is 4.68. The SMILES string of the molecule is Br.O=C(O)C#CC#CC#CC#CC#CC#CS.O=C1/C(=C/c2cc(Br)cs2)Oc2ccccc21. The molecule has 0 atom stereocenters. The molecule has 0 aliphatic carbocycles. The van der Waals surface area contributed by atoms with Crippen LogP contribution in [0.3, 0.4) is 0 Å². The van der Waals surface area contributed by atoms with Crippen molar-refractivity contribution in [3.05, 3.63) is 56.4 Å². The molecular formula is C26H10Br2O4S2. The van der Waals surface area contributed by atoms with Crippen LogP contribution < -0.4 is 4.74 Å². The molecule has 2 heterocycles. The number of hydrogen-bond acceptors (Lipinski definition) is 5. The van der Waals surface area contributed by atoms with Gasteiger partial charge in [0.25, 0.3) is 0 Å². The zero-order chi connectivity index (χ0) is 23.9. The highest BCUT2D eigenvalue weighted by atomic mass is 79.9. The number of benzene rings is 1. The number of carbonyl (C=O) groups excluding carboxylic acids is 1. The summed E-state index contributed by atoms with van der Waals surface area (Å²) < 4.78 is 6.55. The first-order chi connectivity index (χ1) is 16.0. The topological polar surface area (TPSA) is 63.6 Å². The van der Waals surface area contributed by atoms with Gasteiger partial charge in [-0.2, -0.15) is 0 Å². The fraction of sp³-hybridized carbons (Fsp3) is 0. The number of hydrogen-bond donors (Lipinski definition) is 2. The summed E-state index contributed by atoms with van der Waals surface area (Å²) in [5.74, 6) is 24.9. The summed E-state index contributed by atoms with van der Waals surface area (Å²) >= 11 is 8.56. The predicted molar refractivity (Wildman–Crippen MR) is 145 cm³/mol. The van der Waals surface area contributed by atoms with Gasteiger partial charge in [0.05, 0.1) is 5.56 Å². The summed E-state index contributed by atoms with van der Waals surface area (Å²) in [4.78, 5) is 22.9. The molecule has 4 nitrogen and oxygen atoms in total. The van der Waals surface area contributed by atoms with E-state index in [-0.39, 0.29) is 22.8 Å². The average molecular weight is 610 g/mol. The van der Waals surface area contributed by atoms with E-state index in [2.05, 4.69) is 93.0 Å². The maximum absolute atomic E-state index is 12.0. The molecule has 1 aliphatic heterocycles. The number of fused-ring (bicyclic) bond motifs is 1. The number of allylic oxidation sites excluding steroid dienone is 1. The van der Waals surface area contributed by atoms with Gasteiger partial charge in [-0.15, -0.1) is 28.3 Å². The second-order valence-corrected chi connectivity index (χ2v) is 7.48. The number of ketones is 1. The third-order valence-corrected chi connectivity index (χ3v) is 4.98. The van der Waals surface area contributed by atoms with Gasteiger partial charge >= 0.3 is 5.97 Å².